The van der Waals surface area contributed by atoms with E-state index in [9.17, 15) is 9.59 Å². The third kappa shape index (κ3) is 5.91. The number of ether oxygens (including phenoxy) is 1. The maximum Gasteiger partial charge on any atom is 0.340 e. The van der Waals surface area contributed by atoms with Crippen LogP contribution in [0.1, 0.15) is 42.6 Å². The molecule has 0 aliphatic heterocycles. The molecule has 0 radical (unpaired) electrons. The minimum Gasteiger partial charge on any atom is -0.449 e. The molecule has 2 rings (SSSR count). The van der Waals surface area contributed by atoms with E-state index in [-0.39, 0.29) is 5.91 Å². The molecule has 7 heteroatoms. The number of benzene rings is 1. The third-order valence-corrected chi connectivity index (χ3v) is 4.60. The Labute approximate surface area is 157 Å². The molecular formula is C19H24N2O4S. The zero-order chi connectivity index (χ0) is 19.1. The highest BCUT2D eigenvalue weighted by Crippen LogP contribution is 2.27. The lowest BCUT2D eigenvalue weighted by molar-refractivity contribution is -0.129. The summed E-state index contributed by atoms with van der Waals surface area (Å²) in [6, 6.07) is 9.01. The second-order valence-electron chi connectivity index (χ2n) is 6.40. The van der Waals surface area contributed by atoms with Gasteiger partial charge in [-0.15, -0.1) is 11.8 Å². The summed E-state index contributed by atoms with van der Waals surface area (Å²) in [6.45, 7) is 7.95. The van der Waals surface area contributed by atoms with Crippen molar-refractivity contribution in [2.24, 2.45) is 5.92 Å². The lowest BCUT2D eigenvalue weighted by Crippen LogP contribution is -2.37. The Hall–Kier alpha value is -2.28. The molecule has 0 saturated carbocycles. The molecule has 0 bridgehead atoms. The maximum absolute atomic E-state index is 12.5. The molecule has 0 saturated heterocycles. The first-order valence-electron chi connectivity index (χ1n) is 8.49. The molecule has 0 fully saturated rings. The molecule has 6 nitrogen and oxygen atoms in total. The van der Waals surface area contributed by atoms with E-state index in [2.05, 4.69) is 10.5 Å². The normalized spacial score (nSPS) is 12.0. The number of carbonyl (C=O) groups is 2. The van der Waals surface area contributed by atoms with Crippen molar-refractivity contribution in [3.8, 4) is 0 Å². The summed E-state index contributed by atoms with van der Waals surface area (Å²) in [6.07, 6.45) is -0.850. The fourth-order valence-electron chi connectivity index (χ4n) is 2.12. The molecule has 1 N–H and O–H groups in total. The number of nitrogens with one attached hydrogen (secondary N) is 1. The molecule has 0 unspecified atom stereocenters. The summed E-state index contributed by atoms with van der Waals surface area (Å²) < 4.78 is 10.4. The van der Waals surface area contributed by atoms with Gasteiger partial charge in [0, 0.05) is 23.3 Å². The molecular weight excluding hydrogens is 352 g/mol. The Bertz CT molecular complexity index is 758. The fourth-order valence-corrected chi connectivity index (χ4v) is 3.05. The molecule has 1 aromatic heterocycles. The molecule has 140 valence electrons. The highest BCUT2D eigenvalue weighted by molar-refractivity contribution is 7.98. The van der Waals surface area contributed by atoms with Gasteiger partial charge in [0.15, 0.2) is 6.10 Å². The fraction of sp³-hybridized carbons (Fsp3) is 0.421. The molecule has 1 amide bonds. The van der Waals surface area contributed by atoms with Gasteiger partial charge in [0.25, 0.3) is 5.91 Å². The smallest absolute Gasteiger partial charge is 0.340 e. The van der Waals surface area contributed by atoms with Crippen LogP contribution in [0.25, 0.3) is 0 Å². The van der Waals surface area contributed by atoms with Crippen LogP contribution in [-0.4, -0.2) is 29.7 Å². The van der Waals surface area contributed by atoms with Gasteiger partial charge >= 0.3 is 5.97 Å². The van der Waals surface area contributed by atoms with Gasteiger partial charge in [0.05, 0.1) is 11.3 Å². The van der Waals surface area contributed by atoms with Crippen molar-refractivity contribution in [1.29, 1.82) is 0 Å². The zero-order valence-electron chi connectivity index (χ0n) is 15.4. The summed E-state index contributed by atoms with van der Waals surface area (Å²) >= 11 is 1.47. The Kier molecular flexibility index (Phi) is 7.26. The average molecular weight is 376 g/mol. The van der Waals surface area contributed by atoms with Crippen LogP contribution in [0.5, 0.6) is 0 Å². The van der Waals surface area contributed by atoms with Crippen LogP contribution in [0, 0.1) is 12.8 Å². The largest absolute Gasteiger partial charge is 0.449 e. The highest BCUT2D eigenvalue weighted by Gasteiger charge is 2.21. The van der Waals surface area contributed by atoms with Gasteiger partial charge in [-0.1, -0.05) is 31.1 Å². The number of amides is 1. The molecule has 0 aliphatic carbocycles. The number of hydrogen-bond donors (Lipinski definition) is 1. The van der Waals surface area contributed by atoms with Crippen LogP contribution in [0.3, 0.4) is 0 Å². The standard InChI is InChI=1S/C19H24N2O4S/c1-12(2)10-20-18(22)14(4)24-19(23)16-7-5-6-8-17(16)26-11-15-9-13(3)25-21-15/h5-9,12,14H,10-11H2,1-4H3,(H,20,22)/t14-/m1/s1. The van der Waals surface area contributed by atoms with Crippen LogP contribution in [0.2, 0.25) is 0 Å². The van der Waals surface area contributed by atoms with E-state index < -0.39 is 12.1 Å². The number of rotatable bonds is 8. The predicted molar refractivity (Wildman–Crippen MR) is 100.0 cm³/mol. The number of aryl methyl sites for hydroxylation is 1. The zero-order valence-corrected chi connectivity index (χ0v) is 16.3. The van der Waals surface area contributed by atoms with Crippen molar-refractivity contribution in [3.63, 3.8) is 0 Å². The van der Waals surface area contributed by atoms with Crippen LogP contribution in [0.15, 0.2) is 39.8 Å². The van der Waals surface area contributed by atoms with Crippen LogP contribution in [0.4, 0.5) is 0 Å². The number of aromatic nitrogens is 1. The van der Waals surface area contributed by atoms with E-state index in [0.717, 1.165) is 16.3 Å². The third-order valence-electron chi connectivity index (χ3n) is 3.50. The number of thioether (sulfide) groups is 1. The lowest BCUT2D eigenvalue weighted by Gasteiger charge is -2.15. The minimum absolute atomic E-state index is 0.296. The summed E-state index contributed by atoms with van der Waals surface area (Å²) in [4.78, 5) is 25.3. The van der Waals surface area contributed by atoms with E-state index in [1.165, 1.54) is 11.8 Å². The van der Waals surface area contributed by atoms with Gasteiger partial charge in [0.2, 0.25) is 0 Å². The van der Waals surface area contributed by atoms with Crippen molar-refractivity contribution >= 4 is 23.6 Å². The summed E-state index contributed by atoms with van der Waals surface area (Å²) in [5.74, 6) is 0.840. The Morgan fingerprint density at radius 2 is 2.00 bits per heavy atom. The molecule has 2 aromatic rings. The quantitative estimate of drug-likeness (QED) is 0.560. The molecule has 26 heavy (non-hydrogen) atoms. The highest BCUT2D eigenvalue weighted by atomic mass is 32.2. The van der Waals surface area contributed by atoms with Gasteiger partial charge < -0.3 is 14.6 Å². The first-order chi connectivity index (χ1) is 12.4. The van der Waals surface area contributed by atoms with E-state index >= 15 is 0 Å². The van der Waals surface area contributed by atoms with Crippen LogP contribution in [-0.2, 0) is 15.3 Å². The van der Waals surface area contributed by atoms with Crippen LogP contribution >= 0.6 is 11.8 Å². The van der Waals surface area contributed by atoms with Gasteiger partial charge in [-0.05, 0) is 31.9 Å². The molecule has 1 atom stereocenters. The van der Waals surface area contributed by atoms with Gasteiger partial charge in [-0.2, -0.15) is 0 Å². The monoisotopic (exact) mass is 376 g/mol. The summed E-state index contributed by atoms with van der Waals surface area (Å²) in [5, 5.41) is 6.71. The van der Waals surface area contributed by atoms with Crippen molar-refractivity contribution in [3.05, 3.63) is 47.3 Å². The second kappa shape index (κ2) is 9.43. The van der Waals surface area contributed by atoms with Crippen molar-refractivity contribution < 1.29 is 18.8 Å². The van der Waals surface area contributed by atoms with E-state index in [0.29, 0.717) is 23.8 Å². The van der Waals surface area contributed by atoms with E-state index in [1.807, 2.05) is 39.0 Å². The van der Waals surface area contributed by atoms with Crippen molar-refractivity contribution in [1.82, 2.24) is 10.5 Å². The topological polar surface area (TPSA) is 81.4 Å². The van der Waals surface area contributed by atoms with Gasteiger partial charge in [-0.3, -0.25) is 4.79 Å². The number of esters is 1. The van der Waals surface area contributed by atoms with Gasteiger partial charge in [0.1, 0.15) is 5.76 Å². The van der Waals surface area contributed by atoms with Gasteiger partial charge in [-0.25, -0.2) is 4.79 Å². The van der Waals surface area contributed by atoms with Crippen molar-refractivity contribution in [2.45, 2.75) is 44.4 Å². The Morgan fingerprint density at radius 3 is 2.65 bits per heavy atom. The maximum atomic E-state index is 12.5. The Morgan fingerprint density at radius 1 is 1.27 bits per heavy atom. The molecule has 0 aliphatic rings. The van der Waals surface area contributed by atoms with Crippen molar-refractivity contribution in [2.75, 3.05) is 6.54 Å². The number of carbonyl (C=O) groups excluding carboxylic acids is 2. The molecule has 1 heterocycles. The summed E-state index contributed by atoms with van der Waals surface area (Å²) in [7, 11) is 0. The lowest BCUT2D eigenvalue weighted by atomic mass is 10.2. The Balaban J connectivity index is 1.98. The van der Waals surface area contributed by atoms with Crippen LogP contribution < -0.4 is 5.32 Å². The van der Waals surface area contributed by atoms with E-state index in [4.69, 9.17) is 9.26 Å². The first kappa shape index (κ1) is 20.0. The second-order valence-corrected chi connectivity index (χ2v) is 7.42. The molecule has 0 spiro atoms. The first-order valence-corrected chi connectivity index (χ1v) is 9.48. The number of hydrogen-bond acceptors (Lipinski definition) is 6. The number of nitrogens with zero attached hydrogens (tertiary/aromatic N) is 1. The molecule has 1 aromatic carbocycles. The minimum atomic E-state index is -0.850. The SMILES string of the molecule is Cc1cc(CSc2ccccc2C(=O)O[C@H](C)C(=O)NCC(C)C)no1. The summed E-state index contributed by atoms with van der Waals surface area (Å²) in [5.41, 5.74) is 1.23. The van der Waals surface area contributed by atoms with E-state index in [1.54, 1.807) is 19.1 Å². The average Bonchev–Trinajstić information content (AvgIpc) is 3.03. The predicted octanol–water partition coefficient (Wildman–Crippen LogP) is 3.59.